The minimum absolute atomic E-state index is 0.0310. The lowest BCUT2D eigenvalue weighted by Crippen LogP contribution is -2.32. The molecule has 1 aromatic carbocycles. The van der Waals surface area contributed by atoms with Crippen LogP contribution in [0.5, 0.6) is 5.75 Å². The summed E-state index contributed by atoms with van der Waals surface area (Å²) >= 11 is 0. The SMILES string of the molecule is COc1ccc2c(=O)n(CC(=O)OC3CCC(C(C)(C)C)CC3)ccc2c1. The average molecular weight is 371 g/mol. The molecule has 146 valence electrons. The van der Waals surface area contributed by atoms with Gasteiger partial charge < -0.3 is 14.0 Å². The van der Waals surface area contributed by atoms with Gasteiger partial charge in [0.15, 0.2) is 0 Å². The molecule has 1 aromatic heterocycles. The first-order chi connectivity index (χ1) is 12.8. The molecule has 0 amide bonds. The van der Waals surface area contributed by atoms with Gasteiger partial charge in [-0.05, 0) is 66.7 Å². The summed E-state index contributed by atoms with van der Waals surface area (Å²) in [5, 5.41) is 1.36. The van der Waals surface area contributed by atoms with E-state index in [4.69, 9.17) is 9.47 Å². The standard InChI is InChI=1S/C22H29NO4/c1-22(2,3)16-5-7-17(8-6-16)27-20(24)14-23-12-11-15-13-18(26-4)9-10-19(15)21(23)25/h9-13,16-17H,5-8,14H2,1-4H3. The zero-order chi connectivity index (χ0) is 19.6. The Morgan fingerprint density at radius 1 is 1.15 bits per heavy atom. The van der Waals surface area contributed by atoms with Crippen LogP contribution in [0.2, 0.25) is 0 Å². The van der Waals surface area contributed by atoms with Gasteiger partial charge in [0.05, 0.1) is 7.11 Å². The van der Waals surface area contributed by atoms with Gasteiger partial charge in [0.1, 0.15) is 18.4 Å². The monoisotopic (exact) mass is 371 g/mol. The van der Waals surface area contributed by atoms with Crippen LogP contribution in [0.1, 0.15) is 46.5 Å². The zero-order valence-corrected chi connectivity index (χ0v) is 16.7. The van der Waals surface area contributed by atoms with E-state index in [9.17, 15) is 9.59 Å². The van der Waals surface area contributed by atoms with Crippen molar-refractivity contribution in [1.29, 1.82) is 0 Å². The summed E-state index contributed by atoms with van der Waals surface area (Å²) < 4.78 is 12.2. The van der Waals surface area contributed by atoms with Crippen LogP contribution in [0.25, 0.3) is 10.8 Å². The van der Waals surface area contributed by atoms with Crippen molar-refractivity contribution >= 4 is 16.7 Å². The van der Waals surface area contributed by atoms with Crippen LogP contribution in [0.15, 0.2) is 35.3 Å². The van der Waals surface area contributed by atoms with Crippen LogP contribution in [0.4, 0.5) is 0 Å². The van der Waals surface area contributed by atoms with Crippen LogP contribution in [0, 0.1) is 11.3 Å². The second-order valence-corrected chi connectivity index (χ2v) is 8.53. The van der Waals surface area contributed by atoms with E-state index in [1.54, 1.807) is 25.4 Å². The van der Waals surface area contributed by atoms with Crippen molar-refractivity contribution in [2.75, 3.05) is 7.11 Å². The number of esters is 1. The van der Waals surface area contributed by atoms with Crippen LogP contribution in [-0.2, 0) is 16.1 Å². The van der Waals surface area contributed by atoms with Gasteiger partial charge in [0.2, 0.25) is 0 Å². The van der Waals surface area contributed by atoms with Gasteiger partial charge in [0.25, 0.3) is 5.56 Å². The molecule has 1 aliphatic carbocycles. The third kappa shape index (κ3) is 4.52. The van der Waals surface area contributed by atoms with E-state index in [2.05, 4.69) is 20.8 Å². The van der Waals surface area contributed by atoms with Crippen LogP contribution in [0.3, 0.4) is 0 Å². The molecule has 0 unspecified atom stereocenters. The van der Waals surface area contributed by atoms with E-state index in [0.29, 0.717) is 22.5 Å². The Balaban J connectivity index is 1.63. The lowest BCUT2D eigenvalue weighted by atomic mass is 9.72. The van der Waals surface area contributed by atoms with Gasteiger partial charge in [-0.15, -0.1) is 0 Å². The number of methoxy groups -OCH3 is 1. The first-order valence-electron chi connectivity index (χ1n) is 9.64. The van der Waals surface area contributed by atoms with E-state index in [1.807, 2.05) is 12.1 Å². The Kier molecular flexibility index (Phi) is 5.59. The van der Waals surface area contributed by atoms with Crippen molar-refractivity contribution in [3.63, 3.8) is 0 Å². The molecular formula is C22H29NO4. The van der Waals surface area contributed by atoms with Crippen LogP contribution >= 0.6 is 0 Å². The second kappa shape index (κ2) is 7.75. The smallest absolute Gasteiger partial charge is 0.326 e. The number of benzene rings is 1. The van der Waals surface area contributed by atoms with Crippen molar-refractivity contribution < 1.29 is 14.3 Å². The molecular weight excluding hydrogens is 342 g/mol. The number of hydrogen-bond donors (Lipinski definition) is 0. The van der Waals surface area contributed by atoms with E-state index in [0.717, 1.165) is 31.1 Å². The second-order valence-electron chi connectivity index (χ2n) is 8.53. The Bertz CT molecular complexity index is 870. The van der Waals surface area contributed by atoms with Crippen molar-refractivity contribution in [3.8, 4) is 5.75 Å². The normalized spacial score (nSPS) is 20.4. The minimum Gasteiger partial charge on any atom is -0.497 e. The minimum atomic E-state index is -0.343. The van der Waals surface area contributed by atoms with E-state index >= 15 is 0 Å². The molecule has 0 spiro atoms. The fourth-order valence-corrected chi connectivity index (χ4v) is 3.93. The summed E-state index contributed by atoms with van der Waals surface area (Å²) in [6.45, 7) is 6.75. The highest BCUT2D eigenvalue weighted by molar-refractivity contribution is 5.83. The van der Waals surface area contributed by atoms with Gasteiger partial charge in [-0.3, -0.25) is 9.59 Å². The fourth-order valence-electron chi connectivity index (χ4n) is 3.93. The summed E-state index contributed by atoms with van der Waals surface area (Å²) in [5.74, 6) is 1.03. The molecule has 3 rings (SSSR count). The molecule has 2 aromatic rings. The number of ether oxygens (including phenoxy) is 2. The molecule has 1 fully saturated rings. The maximum Gasteiger partial charge on any atom is 0.326 e. The zero-order valence-electron chi connectivity index (χ0n) is 16.7. The van der Waals surface area contributed by atoms with Gasteiger partial charge in [-0.2, -0.15) is 0 Å². The lowest BCUT2D eigenvalue weighted by Gasteiger charge is -2.36. The van der Waals surface area contributed by atoms with Gasteiger partial charge in [-0.25, -0.2) is 0 Å². The maximum atomic E-state index is 12.6. The Morgan fingerprint density at radius 2 is 1.85 bits per heavy atom. The molecule has 27 heavy (non-hydrogen) atoms. The Hall–Kier alpha value is -2.30. The fraction of sp³-hybridized carbons (Fsp3) is 0.545. The number of fused-ring (bicyclic) bond motifs is 1. The molecule has 5 heteroatoms. The highest BCUT2D eigenvalue weighted by Crippen LogP contribution is 2.38. The van der Waals surface area contributed by atoms with Crippen molar-refractivity contribution in [2.45, 2.75) is 59.1 Å². The van der Waals surface area contributed by atoms with Gasteiger partial charge >= 0.3 is 5.97 Å². The van der Waals surface area contributed by atoms with E-state index in [-0.39, 0.29) is 24.2 Å². The molecule has 5 nitrogen and oxygen atoms in total. The number of aromatic nitrogens is 1. The van der Waals surface area contributed by atoms with Crippen LogP contribution in [-0.4, -0.2) is 23.8 Å². The molecule has 1 saturated carbocycles. The topological polar surface area (TPSA) is 57.5 Å². The number of nitrogens with zero attached hydrogens (tertiary/aromatic N) is 1. The quantitative estimate of drug-likeness (QED) is 0.757. The van der Waals surface area contributed by atoms with E-state index in [1.165, 1.54) is 4.57 Å². The molecule has 0 atom stereocenters. The summed E-state index contributed by atoms with van der Waals surface area (Å²) in [6, 6.07) is 7.11. The number of carbonyl (C=O) groups is 1. The third-order valence-corrected chi connectivity index (χ3v) is 5.68. The predicted octanol–water partition coefficient (Wildman–Crippen LogP) is 4.16. The molecule has 1 heterocycles. The lowest BCUT2D eigenvalue weighted by molar-refractivity contribution is -0.152. The Morgan fingerprint density at radius 3 is 2.48 bits per heavy atom. The predicted molar refractivity (Wildman–Crippen MR) is 106 cm³/mol. The maximum absolute atomic E-state index is 12.6. The number of rotatable bonds is 4. The summed E-state index contributed by atoms with van der Waals surface area (Å²) in [5.41, 5.74) is 0.110. The Labute approximate surface area is 160 Å². The van der Waals surface area contributed by atoms with Crippen molar-refractivity contribution in [3.05, 3.63) is 40.8 Å². The average Bonchev–Trinajstić information content (AvgIpc) is 2.63. The molecule has 0 radical (unpaired) electrons. The molecule has 0 bridgehead atoms. The highest BCUT2D eigenvalue weighted by Gasteiger charge is 2.31. The molecule has 0 N–H and O–H groups in total. The number of carbonyl (C=O) groups excluding carboxylic acids is 1. The summed E-state index contributed by atoms with van der Waals surface area (Å²) in [6.07, 6.45) is 5.58. The largest absolute Gasteiger partial charge is 0.497 e. The van der Waals surface area contributed by atoms with Crippen molar-refractivity contribution in [1.82, 2.24) is 4.57 Å². The highest BCUT2D eigenvalue weighted by atomic mass is 16.5. The number of pyridine rings is 1. The first kappa shape index (κ1) is 19.5. The molecule has 1 aliphatic rings. The van der Waals surface area contributed by atoms with E-state index < -0.39 is 0 Å². The van der Waals surface area contributed by atoms with Crippen LogP contribution < -0.4 is 10.3 Å². The van der Waals surface area contributed by atoms with Crippen molar-refractivity contribution in [2.24, 2.45) is 11.3 Å². The molecule has 0 aliphatic heterocycles. The summed E-state index contributed by atoms with van der Waals surface area (Å²) in [7, 11) is 1.59. The van der Waals surface area contributed by atoms with Gasteiger partial charge in [0, 0.05) is 11.6 Å². The van der Waals surface area contributed by atoms with Gasteiger partial charge in [-0.1, -0.05) is 20.8 Å². The first-order valence-corrected chi connectivity index (χ1v) is 9.64. The summed E-state index contributed by atoms with van der Waals surface area (Å²) in [4.78, 5) is 25.0. The number of hydrogen-bond acceptors (Lipinski definition) is 4. The molecule has 0 saturated heterocycles. The third-order valence-electron chi connectivity index (χ3n) is 5.68.